The van der Waals surface area contributed by atoms with Crippen molar-refractivity contribution in [2.75, 3.05) is 31.5 Å². The molecule has 0 radical (unpaired) electrons. The zero-order chi connectivity index (χ0) is 18.6. The number of hydrogen-bond acceptors (Lipinski definition) is 2. The zero-order valence-corrected chi connectivity index (χ0v) is 15.5. The third-order valence-corrected chi connectivity index (χ3v) is 5.59. The molecule has 1 N–H and O–H groups in total. The molecule has 3 amide bonds. The number of likely N-dealkylation sites (tertiary alicyclic amines) is 2. The van der Waals surface area contributed by atoms with Crippen molar-refractivity contribution in [2.24, 2.45) is 5.41 Å². The van der Waals surface area contributed by atoms with Crippen LogP contribution in [0.5, 0.6) is 0 Å². The van der Waals surface area contributed by atoms with Gasteiger partial charge in [-0.25, -0.2) is 9.18 Å². The number of rotatable bonds is 4. The van der Waals surface area contributed by atoms with Crippen LogP contribution < -0.4 is 5.32 Å². The minimum absolute atomic E-state index is 0.0214. The van der Waals surface area contributed by atoms with Gasteiger partial charge in [0.05, 0.1) is 5.69 Å². The van der Waals surface area contributed by atoms with Gasteiger partial charge in [-0.15, -0.1) is 0 Å². The van der Waals surface area contributed by atoms with Crippen LogP contribution >= 0.6 is 0 Å². The summed E-state index contributed by atoms with van der Waals surface area (Å²) >= 11 is 0. The topological polar surface area (TPSA) is 52.6 Å². The number of nitrogens with one attached hydrogen (secondary N) is 1. The highest BCUT2D eigenvalue weighted by molar-refractivity contribution is 5.89. The average Bonchev–Trinajstić information content (AvgIpc) is 2.65. The normalized spacial score (nSPS) is 23.4. The van der Waals surface area contributed by atoms with Gasteiger partial charge < -0.3 is 15.1 Å². The smallest absolute Gasteiger partial charge is 0.321 e. The number of amides is 3. The van der Waals surface area contributed by atoms with Gasteiger partial charge in [0.15, 0.2) is 0 Å². The van der Waals surface area contributed by atoms with Crippen LogP contribution in [0, 0.1) is 11.2 Å². The summed E-state index contributed by atoms with van der Waals surface area (Å²) in [4.78, 5) is 28.6. The number of unbranched alkanes of at least 4 members (excludes halogenated alkanes) is 1. The molecule has 26 heavy (non-hydrogen) atoms. The number of halogens is 1. The van der Waals surface area contributed by atoms with Crippen LogP contribution in [0.15, 0.2) is 24.3 Å². The molecule has 1 aromatic rings. The van der Waals surface area contributed by atoms with Gasteiger partial charge >= 0.3 is 6.03 Å². The van der Waals surface area contributed by atoms with E-state index in [-0.39, 0.29) is 23.0 Å². The van der Waals surface area contributed by atoms with Gasteiger partial charge in [0.25, 0.3) is 0 Å². The Morgan fingerprint density at radius 1 is 1.27 bits per heavy atom. The van der Waals surface area contributed by atoms with Crippen molar-refractivity contribution < 1.29 is 14.0 Å². The number of carbonyl (C=O) groups excluding carboxylic acids is 2. The summed E-state index contributed by atoms with van der Waals surface area (Å²) in [5, 5.41) is 2.69. The highest BCUT2D eigenvalue weighted by Gasteiger charge is 2.42. The standard InChI is InChI=1S/C20H28FN3O2/c1-2-3-12-23-14-20(11-9-18(23)25)10-6-13-24(15-20)19(26)22-17-8-5-4-7-16(17)21/h4-5,7-8H,2-3,6,9-15H2,1H3,(H,22,26)/t20-/m0/s1. The molecule has 0 saturated carbocycles. The quantitative estimate of drug-likeness (QED) is 0.885. The highest BCUT2D eigenvalue weighted by atomic mass is 19.1. The van der Waals surface area contributed by atoms with Crippen molar-refractivity contribution in [1.29, 1.82) is 0 Å². The van der Waals surface area contributed by atoms with Crippen LogP contribution in [0.3, 0.4) is 0 Å². The van der Waals surface area contributed by atoms with Crippen molar-refractivity contribution in [1.82, 2.24) is 9.80 Å². The van der Waals surface area contributed by atoms with Crippen LogP contribution in [0.4, 0.5) is 14.9 Å². The molecule has 3 rings (SSSR count). The van der Waals surface area contributed by atoms with Crippen molar-refractivity contribution in [3.05, 3.63) is 30.1 Å². The number of hydrogen-bond donors (Lipinski definition) is 1. The molecule has 0 aliphatic carbocycles. The van der Waals surface area contributed by atoms with Crippen molar-refractivity contribution in [2.45, 2.75) is 45.4 Å². The minimum atomic E-state index is -0.429. The lowest BCUT2D eigenvalue weighted by Gasteiger charge is -2.48. The number of nitrogens with zero attached hydrogens (tertiary/aromatic N) is 2. The van der Waals surface area contributed by atoms with Crippen molar-refractivity contribution in [3.8, 4) is 0 Å². The number of para-hydroxylation sites is 1. The van der Waals surface area contributed by atoms with E-state index in [0.717, 1.165) is 45.2 Å². The molecule has 2 aliphatic heterocycles. The summed E-state index contributed by atoms with van der Waals surface area (Å²) in [5.74, 6) is -0.196. The molecule has 0 bridgehead atoms. The molecule has 1 atom stereocenters. The van der Waals surface area contributed by atoms with Crippen LogP contribution in [0.2, 0.25) is 0 Å². The number of carbonyl (C=O) groups is 2. The maximum absolute atomic E-state index is 13.8. The first-order valence-electron chi connectivity index (χ1n) is 9.61. The second-order valence-electron chi connectivity index (χ2n) is 7.60. The van der Waals surface area contributed by atoms with Gasteiger partial charge in [0.1, 0.15) is 5.82 Å². The van der Waals surface area contributed by atoms with Gasteiger partial charge in [-0.05, 0) is 37.8 Å². The minimum Gasteiger partial charge on any atom is -0.342 e. The fraction of sp³-hybridized carbons (Fsp3) is 0.600. The van der Waals surface area contributed by atoms with Gasteiger partial charge in [-0.2, -0.15) is 0 Å². The van der Waals surface area contributed by atoms with E-state index in [1.165, 1.54) is 6.07 Å². The first-order chi connectivity index (χ1) is 12.5. The van der Waals surface area contributed by atoms with E-state index in [0.29, 0.717) is 19.5 Å². The van der Waals surface area contributed by atoms with Gasteiger partial charge in [-0.1, -0.05) is 25.5 Å². The van der Waals surface area contributed by atoms with Crippen molar-refractivity contribution >= 4 is 17.6 Å². The number of benzene rings is 1. The lowest BCUT2D eigenvalue weighted by Crippen LogP contribution is -2.55. The Labute approximate surface area is 154 Å². The summed E-state index contributed by atoms with van der Waals surface area (Å²) < 4.78 is 13.8. The summed E-state index contributed by atoms with van der Waals surface area (Å²) in [6.07, 6.45) is 5.42. The first kappa shape index (κ1) is 18.7. The van der Waals surface area contributed by atoms with E-state index in [2.05, 4.69) is 12.2 Å². The molecular formula is C20H28FN3O2. The Morgan fingerprint density at radius 3 is 2.85 bits per heavy atom. The third-order valence-electron chi connectivity index (χ3n) is 5.59. The molecule has 5 nitrogen and oxygen atoms in total. The van der Waals surface area contributed by atoms with Gasteiger partial charge in [0, 0.05) is 38.0 Å². The van der Waals surface area contributed by atoms with Crippen LogP contribution in [0.25, 0.3) is 0 Å². The van der Waals surface area contributed by atoms with Gasteiger partial charge in [-0.3, -0.25) is 4.79 Å². The molecule has 1 spiro atoms. The van der Waals surface area contributed by atoms with Crippen LogP contribution in [-0.2, 0) is 4.79 Å². The van der Waals surface area contributed by atoms with E-state index in [1.54, 1.807) is 23.1 Å². The lowest BCUT2D eigenvalue weighted by molar-refractivity contribution is -0.139. The lowest BCUT2D eigenvalue weighted by atomic mass is 9.73. The molecule has 2 heterocycles. The summed E-state index contributed by atoms with van der Waals surface area (Å²) in [5.41, 5.74) is 0.187. The van der Waals surface area contributed by atoms with E-state index in [4.69, 9.17) is 0 Å². The SMILES string of the molecule is CCCCN1C[C@]2(CCCN(C(=O)Nc3ccccc3F)C2)CCC1=O. The largest absolute Gasteiger partial charge is 0.342 e. The fourth-order valence-electron chi connectivity index (χ4n) is 4.13. The summed E-state index contributed by atoms with van der Waals surface area (Å²) in [7, 11) is 0. The fourth-order valence-corrected chi connectivity index (χ4v) is 4.13. The predicted molar refractivity (Wildman–Crippen MR) is 99.4 cm³/mol. The molecule has 0 unspecified atom stereocenters. The highest BCUT2D eigenvalue weighted by Crippen LogP contribution is 2.39. The van der Waals surface area contributed by atoms with Gasteiger partial charge in [0.2, 0.25) is 5.91 Å². The van der Waals surface area contributed by atoms with Crippen LogP contribution in [0.1, 0.15) is 45.4 Å². The summed E-state index contributed by atoms with van der Waals surface area (Å²) in [6, 6.07) is 5.95. The molecular weight excluding hydrogens is 333 g/mol. The Morgan fingerprint density at radius 2 is 2.08 bits per heavy atom. The van der Waals surface area contributed by atoms with E-state index in [1.807, 2.05) is 4.90 Å². The second kappa shape index (κ2) is 8.06. The molecule has 1 aromatic carbocycles. The maximum atomic E-state index is 13.8. The predicted octanol–water partition coefficient (Wildman–Crippen LogP) is 3.86. The maximum Gasteiger partial charge on any atom is 0.321 e. The molecule has 142 valence electrons. The number of piperidine rings is 2. The Bertz CT molecular complexity index is 666. The zero-order valence-electron chi connectivity index (χ0n) is 15.5. The molecule has 2 fully saturated rings. The monoisotopic (exact) mass is 361 g/mol. The van der Waals surface area contributed by atoms with E-state index in [9.17, 15) is 14.0 Å². The molecule has 2 aliphatic rings. The second-order valence-corrected chi connectivity index (χ2v) is 7.60. The van der Waals surface area contributed by atoms with Crippen LogP contribution in [-0.4, -0.2) is 47.9 Å². The van der Waals surface area contributed by atoms with E-state index >= 15 is 0 Å². The first-order valence-corrected chi connectivity index (χ1v) is 9.61. The Kier molecular flexibility index (Phi) is 5.79. The molecule has 6 heteroatoms. The molecule has 2 saturated heterocycles. The summed E-state index contributed by atoms with van der Waals surface area (Å²) in [6.45, 7) is 4.96. The van der Waals surface area contributed by atoms with Crippen molar-refractivity contribution in [3.63, 3.8) is 0 Å². The number of anilines is 1. The Balaban J connectivity index is 1.65. The van der Waals surface area contributed by atoms with E-state index < -0.39 is 5.82 Å². The number of urea groups is 1. The third kappa shape index (κ3) is 4.17. The average molecular weight is 361 g/mol. The molecule has 0 aromatic heterocycles. The Hall–Kier alpha value is -2.11.